The van der Waals surface area contributed by atoms with Crippen molar-refractivity contribution in [3.8, 4) is 0 Å². The highest BCUT2D eigenvalue weighted by atomic mass is 35.5. The molecule has 1 amide bonds. The quantitative estimate of drug-likeness (QED) is 0.643. The van der Waals surface area contributed by atoms with Crippen molar-refractivity contribution in [2.75, 3.05) is 11.4 Å². The molecule has 0 radical (unpaired) electrons. The lowest BCUT2D eigenvalue weighted by Gasteiger charge is -2.22. The van der Waals surface area contributed by atoms with Gasteiger partial charge in [0.05, 0.1) is 5.02 Å². The van der Waals surface area contributed by atoms with Gasteiger partial charge in [0.25, 0.3) is 5.91 Å². The first-order valence-corrected chi connectivity index (χ1v) is 8.10. The van der Waals surface area contributed by atoms with E-state index in [9.17, 15) is 4.79 Å². The third-order valence-corrected chi connectivity index (χ3v) is 4.78. The van der Waals surface area contributed by atoms with E-state index >= 15 is 0 Å². The molecule has 5 heteroatoms. The van der Waals surface area contributed by atoms with Crippen LogP contribution in [0.4, 0.5) is 5.69 Å². The molecule has 3 aromatic rings. The van der Waals surface area contributed by atoms with E-state index in [2.05, 4.69) is 0 Å². The number of fused-ring (bicyclic) bond motifs is 1. The predicted molar refractivity (Wildman–Crippen MR) is 96.7 cm³/mol. The Kier molecular flexibility index (Phi) is 4.33. The number of carbonyl (C=O) groups is 1. The minimum absolute atomic E-state index is 0.126. The average molecular weight is 347 g/mol. The van der Waals surface area contributed by atoms with E-state index in [0.717, 1.165) is 16.5 Å². The van der Waals surface area contributed by atoms with E-state index in [-0.39, 0.29) is 5.91 Å². The number of hydrogen-bond donors (Lipinski definition) is 0. The molecule has 0 atom stereocenters. The SMILES string of the molecule is CCN(C(=O)c1cc(Cl)c(Cl)n1C)c1ccc2ccccc2c1. The number of nitrogens with zero attached hydrogens (tertiary/aromatic N) is 2. The topological polar surface area (TPSA) is 25.2 Å². The minimum atomic E-state index is -0.126. The second-order valence-corrected chi connectivity index (χ2v) is 6.07. The van der Waals surface area contributed by atoms with E-state index < -0.39 is 0 Å². The van der Waals surface area contributed by atoms with Gasteiger partial charge in [0, 0.05) is 19.3 Å². The highest BCUT2D eigenvalue weighted by molar-refractivity contribution is 6.42. The van der Waals surface area contributed by atoms with Crippen LogP contribution in [0.1, 0.15) is 17.4 Å². The average Bonchev–Trinajstić information content (AvgIpc) is 2.83. The third kappa shape index (κ3) is 2.82. The molecule has 2 aromatic carbocycles. The first kappa shape index (κ1) is 15.9. The summed E-state index contributed by atoms with van der Waals surface area (Å²) < 4.78 is 1.61. The van der Waals surface area contributed by atoms with Gasteiger partial charge in [-0.1, -0.05) is 53.5 Å². The van der Waals surface area contributed by atoms with Crippen molar-refractivity contribution in [1.82, 2.24) is 4.57 Å². The Hall–Kier alpha value is -1.97. The minimum Gasteiger partial charge on any atom is -0.329 e. The summed E-state index contributed by atoms with van der Waals surface area (Å²) in [7, 11) is 1.73. The standard InChI is InChI=1S/C18H16Cl2N2O/c1-3-22(18(23)16-11-15(19)17(20)21(16)2)14-9-8-12-6-4-5-7-13(12)10-14/h4-11H,3H2,1-2H3. The zero-order valence-corrected chi connectivity index (χ0v) is 14.4. The Balaban J connectivity index is 2.03. The van der Waals surface area contributed by atoms with Gasteiger partial charge in [-0.25, -0.2) is 0 Å². The molecule has 118 valence electrons. The molecule has 0 fully saturated rings. The molecule has 3 nitrogen and oxygen atoms in total. The molecule has 23 heavy (non-hydrogen) atoms. The summed E-state index contributed by atoms with van der Waals surface area (Å²) in [5.41, 5.74) is 1.32. The molecule has 0 saturated carbocycles. The summed E-state index contributed by atoms with van der Waals surface area (Å²) >= 11 is 12.1. The number of anilines is 1. The van der Waals surface area contributed by atoms with Crippen LogP contribution in [0.3, 0.4) is 0 Å². The molecule has 0 aliphatic heterocycles. The molecular weight excluding hydrogens is 331 g/mol. The van der Waals surface area contributed by atoms with Gasteiger partial charge in [0.2, 0.25) is 0 Å². The molecule has 0 aliphatic carbocycles. The summed E-state index contributed by atoms with van der Waals surface area (Å²) in [5, 5.41) is 2.99. The lowest BCUT2D eigenvalue weighted by atomic mass is 10.1. The zero-order valence-electron chi connectivity index (χ0n) is 12.9. The predicted octanol–water partition coefficient (Wildman–Crippen LogP) is 5.15. The van der Waals surface area contributed by atoms with Crippen LogP contribution in [0.25, 0.3) is 10.8 Å². The Morgan fingerprint density at radius 2 is 1.78 bits per heavy atom. The first-order chi connectivity index (χ1) is 11.0. The lowest BCUT2D eigenvalue weighted by Crippen LogP contribution is -2.32. The summed E-state index contributed by atoms with van der Waals surface area (Å²) in [6, 6.07) is 15.7. The Labute approximate surface area is 145 Å². The Bertz CT molecular complexity index is 886. The number of aromatic nitrogens is 1. The van der Waals surface area contributed by atoms with Crippen molar-refractivity contribution in [3.05, 3.63) is 64.4 Å². The van der Waals surface area contributed by atoms with Crippen LogP contribution in [0.15, 0.2) is 48.5 Å². The van der Waals surface area contributed by atoms with Gasteiger partial charge in [0.1, 0.15) is 10.8 Å². The van der Waals surface area contributed by atoms with Crippen LogP contribution in [0, 0.1) is 0 Å². The third-order valence-electron chi connectivity index (χ3n) is 3.94. The molecule has 1 aromatic heterocycles. The van der Waals surface area contributed by atoms with Crippen molar-refractivity contribution in [3.63, 3.8) is 0 Å². The molecule has 3 rings (SSSR count). The van der Waals surface area contributed by atoms with Crippen molar-refractivity contribution >= 4 is 45.6 Å². The van der Waals surface area contributed by atoms with Gasteiger partial charge in [-0.05, 0) is 35.9 Å². The molecule has 0 spiro atoms. The molecular formula is C18H16Cl2N2O. The molecule has 0 bridgehead atoms. The van der Waals surface area contributed by atoms with Crippen LogP contribution in [-0.2, 0) is 7.05 Å². The summed E-state index contributed by atoms with van der Waals surface area (Å²) in [6.45, 7) is 2.50. The maximum Gasteiger partial charge on any atom is 0.274 e. The van der Waals surface area contributed by atoms with Crippen molar-refractivity contribution in [1.29, 1.82) is 0 Å². The van der Waals surface area contributed by atoms with E-state index in [4.69, 9.17) is 23.2 Å². The van der Waals surface area contributed by atoms with Gasteiger partial charge in [-0.2, -0.15) is 0 Å². The van der Waals surface area contributed by atoms with E-state index in [1.807, 2.05) is 49.4 Å². The number of carbonyl (C=O) groups excluding carboxylic acids is 1. The fraction of sp³-hybridized carbons (Fsp3) is 0.167. The highest BCUT2D eigenvalue weighted by Gasteiger charge is 2.22. The van der Waals surface area contributed by atoms with Crippen LogP contribution in [0.2, 0.25) is 10.2 Å². The molecule has 0 unspecified atom stereocenters. The molecule has 0 N–H and O–H groups in total. The maximum absolute atomic E-state index is 12.9. The molecule has 0 saturated heterocycles. The molecule has 0 aliphatic rings. The first-order valence-electron chi connectivity index (χ1n) is 7.34. The van der Waals surface area contributed by atoms with Crippen molar-refractivity contribution < 1.29 is 4.79 Å². The number of halogens is 2. The maximum atomic E-state index is 12.9. The van der Waals surface area contributed by atoms with Crippen molar-refractivity contribution in [2.45, 2.75) is 6.92 Å². The number of hydrogen-bond acceptors (Lipinski definition) is 1. The largest absolute Gasteiger partial charge is 0.329 e. The lowest BCUT2D eigenvalue weighted by molar-refractivity contribution is 0.0980. The van der Waals surface area contributed by atoms with Gasteiger partial charge >= 0.3 is 0 Å². The summed E-state index contributed by atoms with van der Waals surface area (Å²) in [5.74, 6) is -0.126. The number of amides is 1. The van der Waals surface area contributed by atoms with Gasteiger partial charge in [-0.15, -0.1) is 0 Å². The highest BCUT2D eigenvalue weighted by Crippen LogP contribution is 2.28. The van der Waals surface area contributed by atoms with Crippen LogP contribution < -0.4 is 4.90 Å². The van der Waals surface area contributed by atoms with Crippen LogP contribution >= 0.6 is 23.2 Å². The second-order valence-electron chi connectivity index (χ2n) is 5.31. The summed E-state index contributed by atoms with van der Waals surface area (Å²) in [4.78, 5) is 14.6. The Morgan fingerprint density at radius 1 is 1.09 bits per heavy atom. The second kappa shape index (κ2) is 6.26. The Morgan fingerprint density at radius 3 is 2.39 bits per heavy atom. The van der Waals surface area contributed by atoms with E-state index in [0.29, 0.717) is 22.4 Å². The number of rotatable bonds is 3. The smallest absolute Gasteiger partial charge is 0.274 e. The fourth-order valence-corrected chi connectivity index (χ4v) is 3.05. The van der Waals surface area contributed by atoms with E-state index in [1.54, 1.807) is 22.6 Å². The summed E-state index contributed by atoms with van der Waals surface area (Å²) in [6.07, 6.45) is 0. The van der Waals surface area contributed by atoms with Gasteiger partial charge < -0.3 is 9.47 Å². The monoisotopic (exact) mass is 346 g/mol. The van der Waals surface area contributed by atoms with E-state index in [1.165, 1.54) is 0 Å². The fourth-order valence-electron chi connectivity index (χ4n) is 2.67. The van der Waals surface area contributed by atoms with Gasteiger partial charge in [-0.3, -0.25) is 4.79 Å². The van der Waals surface area contributed by atoms with Gasteiger partial charge in [0.15, 0.2) is 0 Å². The van der Waals surface area contributed by atoms with Crippen LogP contribution in [-0.4, -0.2) is 17.0 Å². The number of benzene rings is 2. The molecule has 1 heterocycles. The van der Waals surface area contributed by atoms with Crippen molar-refractivity contribution in [2.24, 2.45) is 7.05 Å². The zero-order chi connectivity index (χ0) is 16.6. The normalized spacial score (nSPS) is 11.0. The van der Waals surface area contributed by atoms with Crippen LogP contribution in [0.5, 0.6) is 0 Å².